The summed E-state index contributed by atoms with van der Waals surface area (Å²) in [5, 5.41) is 33.1. The third-order valence-electron chi connectivity index (χ3n) is 12.6. The largest absolute Gasteiger partial charge is 0.479 e. The maximum absolute atomic E-state index is 13.7. The number of nitrogens with one attached hydrogen (secondary N) is 2. The van der Waals surface area contributed by atoms with E-state index in [0.717, 1.165) is 24.3 Å². The highest BCUT2D eigenvalue weighted by Crippen LogP contribution is 2.62. The summed E-state index contributed by atoms with van der Waals surface area (Å²) in [4.78, 5) is 97.0. The number of H-pyrrole nitrogens is 2. The molecule has 0 aliphatic carbocycles. The molecule has 0 aromatic carbocycles. The molecule has 15 N–H and O–H groups in total. The van der Waals surface area contributed by atoms with Crippen LogP contribution < -0.4 is 32.9 Å². The van der Waals surface area contributed by atoms with Gasteiger partial charge in [0.05, 0.1) is 64.6 Å². The van der Waals surface area contributed by atoms with Crippen molar-refractivity contribution in [2.24, 2.45) is 13.0 Å². The molecule has 0 amide bonds. The van der Waals surface area contributed by atoms with Crippen LogP contribution in [0.3, 0.4) is 0 Å². The van der Waals surface area contributed by atoms with Crippen LogP contribution in [-0.2, 0) is 71.4 Å². The number of phosphoric ester groups is 2. The van der Waals surface area contributed by atoms with Gasteiger partial charge in [-0.25, -0.2) is 37.9 Å². The number of ether oxygens (including phenoxy) is 5. The van der Waals surface area contributed by atoms with E-state index < -0.39 is 148 Å². The summed E-state index contributed by atoms with van der Waals surface area (Å²) >= 11 is 0. The number of fused-ring (bicyclic) bond motifs is 3. The molecule has 6 aromatic heterocycles. The van der Waals surface area contributed by atoms with Crippen LogP contribution in [0.2, 0.25) is 0 Å². The predicted molar refractivity (Wildman–Crippen MR) is 257 cm³/mol. The summed E-state index contributed by atoms with van der Waals surface area (Å²) in [6.45, 7) is -2.95. The molecule has 42 heteroatoms. The summed E-state index contributed by atoms with van der Waals surface area (Å²) in [6.07, 6.45) is -14.5. The Morgan fingerprint density at radius 3 is 2.04 bits per heavy atom. The number of aliphatic hydroxyl groups is 3. The number of aromatic amines is 2. The van der Waals surface area contributed by atoms with Gasteiger partial charge in [-0.15, -0.1) is 0 Å². The van der Waals surface area contributed by atoms with Gasteiger partial charge < -0.3 is 80.3 Å². The van der Waals surface area contributed by atoms with E-state index in [-0.39, 0.29) is 57.8 Å². The third-order valence-corrected chi connectivity index (χ3v) is 18.4. The van der Waals surface area contributed by atoms with E-state index in [1.165, 1.54) is 40.5 Å². The number of anilines is 3. The first-order valence-corrected chi connectivity index (χ1v) is 29.3. The molecule has 6 aromatic rings. The Bertz CT molecular complexity index is 3530. The number of nitrogens with two attached hydrogens (primary N) is 3. The van der Waals surface area contributed by atoms with Gasteiger partial charge in [-0.05, 0) is 0 Å². The zero-order valence-corrected chi connectivity index (χ0v) is 44.2. The fraction of sp³-hybridized carbons (Fsp3) is 0.583. The van der Waals surface area contributed by atoms with Crippen LogP contribution in [0.4, 0.5) is 17.7 Å². The van der Waals surface area contributed by atoms with Gasteiger partial charge in [0.2, 0.25) is 17.7 Å². The fourth-order valence-electron chi connectivity index (χ4n) is 9.02. The minimum atomic E-state index is -5.71. The number of aryl methyl sites for hydroxylation is 1. The molecule has 38 nitrogen and oxygen atoms in total. The lowest BCUT2D eigenvalue weighted by Gasteiger charge is -2.26. The number of nitrogens with zero attached hydrogens (tertiary/aromatic N) is 10. The number of hydrogen-bond donors (Lipinski definition) is 12. The lowest BCUT2D eigenvalue weighted by Crippen LogP contribution is -2.45. The highest BCUT2D eigenvalue weighted by Gasteiger charge is 2.53. The first kappa shape index (κ1) is 57.6. The lowest BCUT2D eigenvalue weighted by molar-refractivity contribution is -0.745. The van der Waals surface area contributed by atoms with Gasteiger partial charge in [0, 0.05) is 20.1 Å². The van der Waals surface area contributed by atoms with Gasteiger partial charge in [0.25, 0.3) is 17.1 Å². The maximum atomic E-state index is 13.7. The Balaban J connectivity index is 0.848. The van der Waals surface area contributed by atoms with E-state index in [9.17, 15) is 62.7 Å². The number of rotatable bonds is 22. The van der Waals surface area contributed by atoms with Gasteiger partial charge in [-0.3, -0.25) is 56.0 Å². The number of aromatic nitrogens is 12. The fourth-order valence-corrected chi connectivity index (χ4v) is 14.6. The van der Waals surface area contributed by atoms with Crippen molar-refractivity contribution in [2.45, 2.75) is 67.5 Å². The predicted octanol–water partition coefficient (Wildman–Crippen LogP) is -3.66. The molecule has 3 aliphatic heterocycles. The average Bonchev–Trinajstić information content (AvgIpc) is 4.36. The average molecular weight is 1190 g/mol. The molecule has 0 bridgehead atoms. The van der Waals surface area contributed by atoms with Crippen LogP contribution in [0.1, 0.15) is 18.7 Å². The molecule has 5 unspecified atom stereocenters. The molecule has 16 atom stereocenters. The van der Waals surface area contributed by atoms with Crippen molar-refractivity contribution in [3.05, 3.63) is 46.0 Å². The SMILES string of the molecule is COC[C@H]1[C@@H](O)[C@H]([n+]2cn(C)c3c(=O)[nH]c(N)nc32)O[C@@H]1COP(=O)(O)CCP(=O)(O)OP(=O)(O)OCC1O[C@@H](n2cnc3c(N)ncnc32)[C@H](OC)[C@@H]1OP(=O)(O)OC[C@H]1O[C@@H](n2cnc3c(=O)[nH]c(N)nc32)[C@H](O)[C@@H]1O. The Hall–Kier alpha value is -5.11. The standard InChI is InChI=1S/C36H51N15O23P4/c1-48-13-51(29-20(48)31(56)47-36(39)45-29)32-21(52)14(6-65-2)15(70-32)7-67-75(57,58)4-5-76(59,60)74-78(63,64)69-9-17-24(25(66-3)34(72-17)49-11-42-18-26(37)40-10-41-27(18)49)73-77(61,62)68-8-16-22(53)23(54)33(71-16)50-12-43-19-28(50)44-35(38)46-30(19)55/h10-17,21-25,32-34,52-54H,4-9H2,1-3H3,(H11-,37,38,39,40,41,44,45,46,47,55,56,57,58,59,60,61,62,63,64)/p+1/t14-,15-,16-,17?,21-,22-,23-,24-,25-,32-,33-,34-/m1/s1. The summed E-state index contributed by atoms with van der Waals surface area (Å²) < 4.78 is 113. The molecule has 3 fully saturated rings. The Labute approximate surface area is 435 Å². The van der Waals surface area contributed by atoms with E-state index in [1.54, 1.807) is 0 Å². The normalized spacial score (nSPS) is 29.8. The number of hydrogen-bond acceptors (Lipinski definition) is 28. The summed E-state index contributed by atoms with van der Waals surface area (Å²) in [7, 11) is -17.4. The van der Waals surface area contributed by atoms with Crippen molar-refractivity contribution in [1.82, 2.24) is 53.6 Å². The molecule has 78 heavy (non-hydrogen) atoms. The summed E-state index contributed by atoms with van der Waals surface area (Å²) in [5.74, 6) is -1.50. The molecule has 9 rings (SSSR count). The summed E-state index contributed by atoms with van der Waals surface area (Å²) in [5.41, 5.74) is 16.0. The number of aliphatic hydroxyl groups excluding tert-OH is 3. The lowest BCUT2D eigenvalue weighted by atomic mass is 9.99. The number of methoxy groups -OCH3 is 2. The zero-order chi connectivity index (χ0) is 56.4. The van der Waals surface area contributed by atoms with Crippen molar-refractivity contribution in [1.29, 1.82) is 0 Å². The van der Waals surface area contributed by atoms with E-state index in [4.69, 9.17) is 59.0 Å². The Morgan fingerprint density at radius 1 is 0.692 bits per heavy atom. The molecule has 428 valence electrons. The van der Waals surface area contributed by atoms with Gasteiger partial charge in [-0.2, -0.15) is 4.98 Å². The zero-order valence-electron chi connectivity index (χ0n) is 40.6. The van der Waals surface area contributed by atoms with Crippen molar-refractivity contribution in [2.75, 3.05) is 70.2 Å². The number of nitrogen functional groups attached to an aromatic ring is 3. The van der Waals surface area contributed by atoms with E-state index in [2.05, 4.69) is 44.2 Å². The van der Waals surface area contributed by atoms with Crippen LogP contribution in [0, 0.1) is 5.92 Å². The number of phosphoric acid groups is 2. The van der Waals surface area contributed by atoms with Crippen molar-refractivity contribution in [3.63, 3.8) is 0 Å². The first-order valence-electron chi connectivity index (χ1n) is 22.8. The molecule has 9 heterocycles. The van der Waals surface area contributed by atoms with Crippen LogP contribution >= 0.6 is 30.8 Å². The molecule has 3 aliphatic rings. The molecule has 0 spiro atoms. The van der Waals surface area contributed by atoms with Gasteiger partial charge in [0.15, 0.2) is 41.4 Å². The van der Waals surface area contributed by atoms with Crippen molar-refractivity contribution >= 4 is 82.0 Å². The molecular formula is C36H52N15O23P4+. The van der Waals surface area contributed by atoms with Crippen LogP contribution in [0.15, 0.2) is 34.9 Å². The Kier molecular flexibility index (Phi) is 16.3. The third kappa shape index (κ3) is 11.7. The first-order chi connectivity index (χ1) is 36.7. The highest BCUT2D eigenvalue weighted by atomic mass is 31.3. The van der Waals surface area contributed by atoms with Crippen LogP contribution in [0.25, 0.3) is 33.5 Å². The van der Waals surface area contributed by atoms with Crippen molar-refractivity contribution in [3.8, 4) is 0 Å². The maximum Gasteiger partial charge on any atom is 0.479 e. The van der Waals surface area contributed by atoms with E-state index in [0.29, 0.717) is 0 Å². The molecule has 0 saturated carbocycles. The van der Waals surface area contributed by atoms with Crippen LogP contribution in [0.5, 0.6) is 0 Å². The van der Waals surface area contributed by atoms with Crippen LogP contribution in [-0.4, -0.2) is 190 Å². The summed E-state index contributed by atoms with van der Waals surface area (Å²) in [6, 6.07) is 0. The van der Waals surface area contributed by atoms with Gasteiger partial charge in [0.1, 0.15) is 54.6 Å². The highest BCUT2D eigenvalue weighted by molar-refractivity contribution is 7.64. The van der Waals surface area contributed by atoms with E-state index >= 15 is 0 Å². The van der Waals surface area contributed by atoms with Gasteiger partial charge >= 0.3 is 36.5 Å². The minimum Gasteiger partial charge on any atom is -0.387 e. The van der Waals surface area contributed by atoms with Crippen molar-refractivity contribution < 1.29 is 104 Å². The molecule has 3 saturated heterocycles. The smallest absolute Gasteiger partial charge is 0.387 e. The Morgan fingerprint density at radius 2 is 1.32 bits per heavy atom. The van der Waals surface area contributed by atoms with Gasteiger partial charge in [-0.1, -0.05) is 4.98 Å². The molecule has 0 radical (unpaired) electrons. The second kappa shape index (κ2) is 22.1. The van der Waals surface area contributed by atoms with E-state index in [1.807, 2.05) is 0 Å². The monoisotopic (exact) mass is 1190 g/mol. The topological polar surface area (TPSA) is 542 Å². The quantitative estimate of drug-likeness (QED) is 0.0230. The second-order valence-electron chi connectivity index (χ2n) is 17.8. The minimum absolute atomic E-state index is 0.0369. The molecular weight excluding hydrogens is 1130 g/mol. The number of imidazole rings is 3. The second-order valence-corrected chi connectivity index (χ2v) is 24.8.